The van der Waals surface area contributed by atoms with Crippen molar-refractivity contribution < 1.29 is 17.2 Å². The molecule has 0 spiro atoms. The summed E-state index contributed by atoms with van der Waals surface area (Å²) in [5.41, 5.74) is 5.61. The highest BCUT2D eigenvalue weighted by atomic mass is 32.2. The molecule has 0 heterocycles. The van der Waals surface area contributed by atoms with Crippen LogP contribution in [0.1, 0.15) is 25.7 Å². The Morgan fingerprint density at radius 3 is 2.53 bits per heavy atom. The van der Waals surface area contributed by atoms with Crippen molar-refractivity contribution in [3.63, 3.8) is 0 Å². The van der Waals surface area contributed by atoms with Crippen LogP contribution in [-0.2, 0) is 9.84 Å². The van der Waals surface area contributed by atoms with Crippen LogP contribution < -0.4 is 5.73 Å². The van der Waals surface area contributed by atoms with Crippen molar-refractivity contribution in [3.05, 3.63) is 29.8 Å². The molecule has 106 valence electrons. The molecule has 1 saturated carbocycles. The van der Waals surface area contributed by atoms with E-state index in [1.807, 2.05) is 0 Å². The topological polar surface area (TPSA) is 60.2 Å². The molecule has 0 bridgehead atoms. The fraction of sp³-hybridized carbons (Fsp3) is 0.538. The second kappa shape index (κ2) is 5.54. The Labute approximate surface area is 111 Å². The summed E-state index contributed by atoms with van der Waals surface area (Å²) in [5, 5.41) is -0.661. The van der Waals surface area contributed by atoms with Gasteiger partial charge in [0.15, 0.2) is 9.84 Å². The zero-order valence-electron chi connectivity index (χ0n) is 10.5. The summed E-state index contributed by atoms with van der Waals surface area (Å²) in [6.45, 7) is 0.271. The van der Waals surface area contributed by atoms with Crippen LogP contribution in [0.15, 0.2) is 23.1 Å². The zero-order chi connectivity index (χ0) is 14.0. The quantitative estimate of drug-likeness (QED) is 0.868. The van der Waals surface area contributed by atoms with E-state index in [0.717, 1.165) is 31.4 Å². The summed E-state index contributed by atoms with van der Waals surface area (Å²) in [7, 11) is -3.79. The van der Waals surface area contributed by atoms with Crippen molar-refractivity contribution in [3.8, 4) is 0 Å². The van der Waals surface area contributed by atoms with Crippen molar-refractivity contribution >= 4 is 9.84 Å². The largest absolute Gasteiger partial charge is 0.330 e. The van der Waals surface area contributed by atoms with Crippen LogP contribution >= 0.6 is 0 Å². The molecule has 1 aromatic carbocycles. The van der Waals surface area contributed by atoms with Crippen LogP contribution in [0.5, 0.6) is 0 Å². The molecule has 3 nitrogen and oxygen atoms in total. The maximum Gasteiger partial charge on any atom is 0.184 e. The number of sulfone groups is 1. The SMILES string of the molecule is NCC1CCCCC1S(=O)(=O)c1ccc(F)cc1F. The molecule has 2 unspecified atom stereocenters. The van der Waals surface area contributed by atoms with E-state index >= 15 is 0 Å². The molecule has 0 radical (unpaired) electrons. The first-order chi connectivity index (χ1) is 8.96. The predicted octanol–water partition coefficient (Wildman–Crippen LogP) is 2.26. The molecule has 2 N–H and O–H groups in total. The van der Waals surface area contributed by atoms with Gasteiger partial charge in [0, 0.05) is 6.07 Å². The molecule has 1 aliphatic rings. The van der Waals surface area contributed by atoms with E-state index < -0.39 is 31.6 Å². The smallest absolute Gasteiger partial charge is 0.184 e. The van der Waals surface area contributed by atoms with Gasteiger partial charge in [-0.1, -0.05) is 12.8 Å². The van der Waals surface area contributed by atoms with Gasteiger partial charge in [-0.05, 0) is 37.4 Å². The second-order valence-corrected chi connectivity index (χ2v) is 7.07. The van der Waals surface area contributed by atoms with Crippen LogP contribution in [0.25, 0.3) is 0 Å². The first-order valence-corrected chi connectivity index (χ1v) is 7.90. The van der Waals surface area contributed by atoms with E-state index in [-0.39, 0.29) is 12.5 Å². The molecule has 0 amide bonds. The van der Waals surface area contributed by atoms with E-state index in [4.69, 9.17) is 5.73 Å². The third kappa shape index (κ3) is 2.79. The van der Waals surface area contributed by atoms with Gasteiger partial charge in [0.25, 0.3) is 0 Å². The zero-order valence-corrected chi connectivity index (χ0v) is 11.3. The minimum absolute atomic E-state index is 0.150. The number of halogens is 2. The van der Waals surface area contributed by atoms with Gasteiger partial charge in [-0.2, -0.15) is 0 Å². The lowest BCUT2D eigenvalue weighted by Gasteiger charge is -2.30. The summed E-state index contributed by atoms with van der Waals surface area (Å²) < 4.78 is 51.5. The second-order valence-electron chi connectivity index (χ2n) is 4.94. The predicted molar refractivity (Wildman–Crippen MR) is 68.3 cm³/mol. The molecule has 2 atom stereocenters. The van der Waals surface area contributed by atoms with Gasteiger partial charge in [-0.25, -0.2) is 17.2 Å². The van der Waals surface area contributed by atoms with Gasteiger partial charge in [-0.15, -0.1) is 0 Å². The van der Waals surface area contributed by atoms with Crippen LogP contribution in [0.3, 0.4) is 0 Å². The third-order valence-corrected chi connectivity index (χ3v) is 6.10. The first-order valence-electron chi connectivity index (χ1n) is 6.36. The van der Waals surface area contributed by atoms with E-state index in [1.165, 1.54) is 0 Å². The molecule has 1 fully saturated rings. The van der Waals surface area contributed by atoms with Gasteiger partial charge >= 0.3 is 0 Å². The van der Waals surface area contributed by atoms with E-state index in [0.29, 0.717) is 12.5 Å². The number of benzene rings is 1. The van der Waals surface area contributed by atoms with Gasteiger partial charge < -0.3 is 5.73 Å². The number of hydrogen-bond acceptors (Lipinski definition) is 3. The average Bonchev–Trinajstić information content (AvgIpc) is 2.38. The minimum atomic E-state index is -3.79. The lowest BCUT2D eigenvalue weighted by Crippen LogP contribution is -2.37. The molecule has 0 aromatic heterocycles. The molecule has 1 aromatic rings. The third-order valence-electron chi connectivity index (χ3n) is 3.74. The lowest BCUT2D eigenvalue weighted by atomic mass is 9.89. The normalized spacial score (nSPS) is 24.4. The van der Waals surface area contributed by atoms with Crippen LogP contribution in [-0.4, -0.2) is 20.2 Å². The van der Waals surface area contributed by atoms with Crippen molar-refractivity contribution in [2.75, 3.05) is 6.54 Å². The first kappa shape index (κ1) is 14.4. The molecule has 6 heteroatoms. The highest BCUT2D eigenvalue weighted by molar-refractivity contribution is 7.92. The molecule has 0 saturated heterocycles. The maximum atomic E-state index is 13.7. The van der Waals surface area contributed by atoms with Gasteiger partial charge in [0.1, 0.15) is 16.5 Å². The Bertz CT molecular complexity index is 560. The Balaban J connectivity index is 2.40. The summed E-state index contributed by atoms with van der Waals surface area (Å²) in [6, 6.07) is 2.57. The Morgan fingerprint density at radius 1 is 1.21 bits per heavy atom. The van der Waals surface area contributed by atoms with Crippen LogP contribution in [0, 0.1) is 17.6 Å². The molecule has 0 aliphatic heterocycles. The standard InChI is InChI=1S/C13H17F2NO2S/c14-10-5-6-13(11(15)7-10)19(17,18)12-4-2-1-3-9(12)8-16/h5-7,9,12H,1-4,8,16H2. The highest BCUT2D eigenvalue weighted by Crippen LogP contribution is 2.33. The summed E-state index contributed by atoms with van der Waals surface area (Å²) in [5.74, 6) is -1.96. The molecule has 19 heavy (non-hydrogen) atoms. The molecular formula is C13H17F2NO2S. The van der Waals surface area contributed by atoms with Crippen LogP contribution in [0.4, 0.5) is 8.78 Å². The average molecular weight is 289 g/mol. The fourth-order valence-corrected chi connectivity index (χ4v) is 4.87. The van der Waals surface area contributed by atoms with Gasteiger partial charge in [-0.3, -0.25) is 0 Å². The Hall–Kier alpha value is -1.01. The van der Waals surface area contributed by atoms with Crippen molar-refractivity contribution in [2.24, 2.45) is 11.7 Å². The fourth-order valence-electron chi connectivity index (χ4n) is 2.72. The van der Waals surface area contributed by atoms with Crippen molar-refractivity contribution in [1.82, 2.24) is 0 Å². The van der Waals surface area contributed by atoms with Gasteiger partial charge in [0.2, 0.25) is 0 Å². The van der Waals surface area contributed by atoms with Gasteiger partial charge in [0.05, 0.1) is 5.25 Å². The summed E-state index contributed by atoms with van der Waals surface area (Å²) >= 11 is 0. The van der Waals surface area contributed by atoms with E-state index in [1.54, 1.807) is 0 Å². The molecule has 1 aliphatic carbocycles. The van der Waals surface area contributed by atoms with E-state index in [9.17, 15) is 17.2 Å². The Kier molecular flexibility index (Phi) is 4.20. The van der Waals surface area contributed by atoms with E-state index in [2.05, 4.69) is 0 Å². The van der Waals surface area contributed by atoms with Crippen molar-refractivity contribution in [1.29, 1.82) is 0 Å². The highest BCUT2D eigenvalue weighted by Gasteiger charge is 2.37. The van der Waals surface area contributed by atoms with Crippen molar-refractivity contribution in [2.45, 2.75) is 35.8 Å². The summed E-state index contributed by atoms with van der Waals surface area (Å²) in [6.07, 6.45) is 2.97. The summed E-state index contributed by atoms with van der Waals surface area (Å²) in [4.78, 5) is -0.417. The maximum absolute atomic E-state index is 13.7. The van der Waals surface area contributed by atoms with Crippen LogP contribution in [0.2, 0.25) is 0 Å². The molecular weight excluding hydrogens is 272 g/mol. The number of rotatable bonds is 3. The Morgan fingerprint density at radius 2 is 1.89 bits per heavy atom. The molecule has 2 rings (SSSR count). The minimum Gasteiger partial charge on any atom is -0.330 e. The monoisotopic (exact) mass is 289 g/mol. The lowest BCUT2D eigenvalue weighted by molar-refractivity contribution is 0.362. The number of nitrogens with two attached hydrogens (primary N) is 1. The number of hydrogen-bond donors (Lipinski definition) is 1.